The number of rotatable bonds is 5. The maximum Gasteiger partial charge on any atom is 0.224 e. The number of hydrogen-bond acceptors (Lipinski definition) is 7. The smallest absolute Gasteiger partial charge is 0.224 e. The second-order valence-corrected chi connectivity index (χ2v) is 6.39. The molecule has 2 aromatic rings. The van der Waals surface area contributed by atoms with Gasteiger partial charge >= 0.3 is 0 Å². The van der Waals surface area contributed by atoms with Gasteiger partial charge in [-0.25, -0.2) is 13.4 Å². The summed E-state index contributed by atoms with van der Waals surface area (Å²) >= 11 is 0. The van der Waals surface area contributed by atoms with Crippen LogP contribution in [-0.2, 0) is 15.6 Å². The number of benzene rings is 1. The van der Waals surface area contributed by atoms with Crippen LogP contribution in [0.3, 0.4) is 0 Å². The summed E-state index contributed by atoms with van der Waals surface area (Å²) in [5.41, 5.74) is 6.50. The van der Waals surface area contributed by atoms with Gasteiger partial charge < -0.3 is 16.4 Å². The first-order valence-electron chi connectivity index (χ1n) is 6.26. The molecule has 4 N–H and O–H groups in total. The van der Waals surface area contributed by atoms with Gasteiger partial charge in [-0.05, 0) is 24.3 Å². The van der Waals surface area contributed by atoms with Crippen molar-refractivity contribution in [2.45, 2.75) is 10.6 Å². The van der Waals surface area contributed by atoms with Crippen molar-refractivity contribution in [3.63, 3.8) is 0 Å². The van der Waals surface area contributed by atoms with Gasteiger partial charge in [-0.15, -0.1) is 0 Å². The van der Waals surface area contributed by atoms with Crippen LogP contribution in [0.1, 0.15) is 5.69 Å². The van der Waals surface area contributed by atoms with Gasteiger partial charge in [0.15, 0.2) is 9.84 Å². The molecule has 0 spiro atoms. The molecule has 21 heavy (non-hydrogen) atoms. The van der Waals surface area contributed by atoms with Gasteiger partial charge in [0.25, 0.3) is 0 Å². The Balaban J connectivity index is 2.34. The average molecular weight is 307 g/mol. The van der Waals surface area contributed by atoms with E-state index >= 15 is 0 Å². The lowest BCUT2D eigenvalue weighted by Gasteiger charge is -2.08. The van der Waals surface area contributed by atoms with Crippen molar-refractivity contribution in [1.29, 1.82) is 0 Å². The van der Waals surface area contributed by atoms with E-state index in [1.807, 2.05) is 0 Å². The Morgan fingerprint density at radius 3 is 2.33 bits per heavy atom. The molecule has 0 bridgehead atoms. The van der Waals surface area contributed by atoms with Gasteiger partial charge in [-0.1, -0.05) is 0 Å². The Morgan fingerprint density at radius 2 is 1.76 bits per heavy atom. The van der Waals surface area contributed by atoms with Crippen LogP contribution < -0.4 is 16.4 Å². The Morgan fingerprint density at radius 1 is 1.10 bits per heavy atom. The van der Waals surface area contributed by atoms with Crippen molar-refractivity contribution < 1.29 is 8.42 Å². The predicted octanol–water partition coefficient (Wildman–Crippen LogP) is 1.12. The van der Waals surface area contributed by atoms with Gasteiger partial charge in [0.05, 0.1) is 16.3 Å². The van der Waals surface area contributed by atoms with Crippen LogP contribution in [0.25, 0.3) is 0 Å². The van der Waals surface area contributed by atoms with E-state index in [-0.39, 0.29) is 10.6 Å². The van der Waals surface area contributed by atoms with E-state index in [1.54, 1.807) is 32.3 Å². The first-order chi connectivity index (χ1) is 9.94. The van der Waals surface area contributed by atoms with Gasteiger partial charge in [-0.3, -0.25) is 0 Å². The SMILES string of the molecule is CNc1cc(CS(=O)(=O)c2ccc(N)cc2)nc(NC)n1. The monoisotopic (exact) mass is 307 g/mol. The molecule has 0 aliphatic carbocycles. The molecule has 1 aromatic carbocycles. The fraction of sp³-hybridized carbons (Fsp3) is 0.231. The third-order valence-electron chi connectivity index (χ3n) is 2.84. The lowest BCUT2D eigenvalue weighted by Crippen LogP contribution is -2.09. The third kappa shape index (κ3) is 3.60. The number of anilines is 3. The Hall–Kier alpha value is -2.35. The number of aromatic nitrogens is 2. The maximum atomic E-state index is 12.4. The normalized spacial score (nSPS) is 11.1. The average Bonchev–Trinajstić information content (AvgIpc) is 2.46. The van der Waals surface area contributed by atoms with Gasteiger partial charge in [0, 0.05) is 25.8 Å². The van der Waals surface area contributed by atoms with Crippen LogP contribution in [0, 0.1) is 0 Å². The van der Waals surface area contributed by atoms with Crippen LogP contribution in [-0.4, -0.2) is 32.5 Å². The number of hydrogen-bond donors (Lipinski definition) is 3. The van der Waals surface area contributed by atoms with Crippen molar-refractivity contribution >= 4 is 27.3 Å². The standard InChI is InChI=1S/C13H17N5O2S/c1-15-12-7-10(17-13(16-2)18-12)8-21(19,20)11-5-3-9(14)4-6-11/h3-7H,8,14H2,1-2H3,(H2,15,16,17,18). The molecular weight excluding hydrogens is 290 g/mol. The lowest BCUT2D eigenvalue weighted by atomic mass is 10.3. The van der Waals surface area contributed by atoms with Crippen molar-refractivity contribution in [1.82, 2.24) is 9.97 Å². The van der Waals surface area contributed by atoms with E-state index < -0.39 is 9.84 Å². The second-order valence-electron chi connectivity index (χ2n) is 4.40. The first-order valence-corrected chi connectivity index (χ1v) is 7.91. The van der Waals surface area contributed by atoms with E-state index in [2.05, 4.69) is 20.6 Å². The van der Waals surface area contributed by atoms with E-state index in [9.17, 15) is 8.42 Å². The Labute approximate surface area is 123 Å². The molecule has 8 heteroatoms. The molecule has 0 saturated heterocycles. The number of nitrogens with one attached hydrogen (secondary N) is 2. The highest BCUT2D eigenvalue weighted by atomic mass is 32.2. The van der Waals surface area contributed by atoms with Crippen molar-refractivity contribution in [3.8, 4) is 0 Å². The molecule has 1 aromatic heterocycles. The molecule has 0 radical (unpaired) electrons. The summed E-state index contributed by atoms with van der Waals surface area (Å²) in [5, 5.41) is 5.67. The summed E-state index contributed by atoms with van der Waals surface area (Å²) in [6.07, 6.45) is 0. The van der Waals surface area contributed by atoms with Crippen molar-refractivity contribution in [2.75, 3.05) is 30.5 Å². The summed E-state index contributed by atoms with van der Waals surface area (Å²) in [6.45, 7) is 0. The lowest BCUT2D eigenvalue weighted by molar-refractivity contribution is 0.594. The van der Waals surface area contributed by atoms with Crippen LogP contribution in [0.15, 0.2) is 35.2 Å². The summed E-state index contributed by atoms with van der Waals surface area (Å²) in [7, 11) is -0.0994. The highest BCUT2D eigenvalue weighted by molar-refractivity contribution is 7.90. The summed E-state index contributed by atoms with van der Waals surface area (Å²) in [6, 6.07) is 7.71. The Bertz CT molecular complexity index is 706. The van der Waals surface area contributed by atoms with Crippen LogP contribution >= 0.6 is 0 Å². The van der Waals surface area contributed by atoms with Crippen LogP contribution in [0.5, 0.6) is 0 Å². The number of nitrogen functional groups attached to an aromatic ring is 1. The largest absolute Gasteiger partial charge is 0.399 e. The molecular formula is C13H17N5O2S. The van der Waals surface area contributed by atoms with Gasteiger partial charge in [0.1, 0.15) is 5.82 Å². The fourth-order valence-corrected chi connectivity index (χ4v) is 3.02. The molecule has 0 amide bonds. The zero-order valence-electron chi connectivity index (χ0n) is 11.8. The molecule has 0 fully saturated rings. The van der Waals surface area contributed by atoms with Gasteiger partial charge in [0.2, 0.25) is 5.95 Å². The van der Waals surface area contributed by atoms with Crippen molar-refractivity contribution in [2.24, 2.45) is 0 Å². The van der Waals surface area contributed by atoms with Crippen LogP contribution in [0.2, 0.25) is 0 Å². The summed E-state index contributed by atoms with van der Waals surface area (Å²) in [5.74, 6) is 0.712. The minimum atomic E-state index is -3.48. The minimum Gasteiger partial charge on any atom is -0.399 e. The number of nitrogens with zero attached hydrogens (tertiary/aromatic N) is 2. The Kier molecular flexibility index (Phi) is 4.27. The van der Waals surface area contributed by atoms with E-state index in [0.717, 1.165) is 0 Å². The zero-order valence-corrected chi connectivity index (χ0v) is 12.6. The van der Waals surface area contributed by atoms with Crippen molar-refractivity contribution in [3.05, 3.63) is 36.0 Å². The molecule has 112 valence electrons. The molecule has 2 rings (SSSR count). The van der Waals surface area contributed by atoms with Crippen LogP contribution in [0.4, 0.5) is 17.5 Å². The molecule has 7 nitrogen and oxygen atoms in total. The minimum absolute atomic E-state index is 0.206. The zero-order chi connectivity index (χ0) is 15.5. The number of nitrogens with two attached hydrogens (primary N) is 1. The highest BCUT2D eigenvalue weighted by Gasteiger charge is 2.17. The molecule has 0 saturated carbocycles. The first kappa shape index (κ1) is 15.0. The molecule has 0 aliphatic rings. The fourth-order valence-electron chi connectivity index (χ4n) is 1.76. The molecule has 0 unspecified atom stereocenters. The molecule has 1 heterocycles. The summed E-state index contributed by atoms with van der Waals surface area (Å²) < 4.78 is 24.7. The third-order valence-corrected chi connectivity index (χ3v) is 4.50. The van der Waals surface area contributed by atoms with E-state index in [4.69, 9.17) is 5.73 Å². The highest BCUT2D eigenvalue weighted by Crippen LogP contribution is 2.19. The maximum absolute atomic E-state index is 12.4. The van der Waals surface area contributed by atoms with Gasteiger partial charge in [-0.2, -0.15) is 4.98 Å². The quantitative estimate of drug-likeness (QED) is 0.710. The second kappa shape index (κ2) is 5.96. The molecule has 0 aliphatic heterocycles. The predicted molar refractivity (Wildman–Crippen MR) is 82.9 cm³/mol. The molecule has 0 atom stereocenters. The number of sulfone groups is 1. The van der Waals surface area contributed by atoms with E-state index in [1.165, 1.54) is 12.1 Å². The van der Waals surface area contributed by atoms with E-state index in [0.29, 0.717) is 23.1 Å². The topological polar surface area (TPSA) is 110 Å². The summed E-state index contributed by atoms with van der Waals surface area (Å²) in [4.78, 5) is 8.52.